The molecule has 0 radical (unpaired) electrons. The predicted octanol–water partition coefficient (Wildman–Crippen LogP) is 2.72. The summed E-state index contributed by atoms with van der Waals surface area (Å²) in [5, 5.41) is 12.5. The molecule has 0 aliphatic carbocycles. The van der Waals surface area contributed by atoms with Crippen LogP contribution in [-0.2, 0) is 6.42 Å². The quantitative estimate of drug-likeness (QED) is 0.905. The van der Waals surface area contributed by atoms with E-state index >= 15 is 0 Å². The van der Waals surface area contributed by atoms with Gasteiger partial charge in [0.1, 0.15) is 0 Å². The van der Waals surface area contributed by atoms with Crippen LogP contribution in [0.5, 0.6) is 0 Å². The first kappa shape index (κ1) is 13.9. The van der Waals surface area contributed by atoms with Gasteiger partial charge in [-0.1, -0.05) is 19.1 Å². The third-order valence-electron chi connectivity index (χ3n) is 3.83. The molecule has 1 atom stereocenters. The fourth-order valence-electron chi connectivity index (χ4n) is 2.63. The molecule has 1 aromatic rings. The predicted molar refractivity (Wildman–Crippen MR) is 79.3 cm³/mol. The van der Waals surface area contributed by atoms with Crippen molar-refractivity contribution in [2.75, 3.05) is 18.0 Å². The Kier molecular flexibility index (Phi) is 4.11. The molecule has 0 spiro atoms. The van der Waals surface area contributed by atoms with Crippen LogP contribution >= 0.6 is 0 Å². The Bertz CT molecular complexity index is 456. The van der Waals surface area contributed by atoms with Gasteiger partial charge in [-0.25, -0.2) is 0 Å². The van der Waals surface area contributed by atoms with Gasteiger partial charge >= 0.3 is 0 Å². The minimum absolute atomic E-state index is 0.0926. The van der Waals surface area contributed by atoms with Crippen molar-refractivity contribution in [3.05, 3.63) is 29.8 Å². The number of benzene rings is 1. The molecule has 0 amide bonds. The molecule has 3 nitrogen and oxygen atoms in total. The molecule has 3 heteroatoms. The molecule has 0 bridgehead atoms. The van der Waals surface area contributed by atoms with Crippen LogP contribution in [0.3, 0.4) is 0 Å². The average molecular weight is 257 g/mol. The molecule has 1 aliphatic heterocycles. The maximum atomic E-state index is 8.99. The summed E-state index contributed by atoms with van der Waals surface area (Å²) in [6.07, 6.45) is 1.63. The number of nitriles is 1. The van der Waals surface area contributed by atoms with Gasteiger partial charge in [0.15, 0.2) is 0 Å². The summed E-state index contributed by atoms with van der Waals surface area (Å²) in [4.78, 5) is 2.37. The maximum Gasteiger partial charge on any atom is 0.0643 e. The lowest BCUT2D eigenvalue weighted by Crippen LogP contribution is -2.61. The van der Waals surface area contributed by atoms with E-state index in [-0.39, 0.29) is 11.6 Å². The Balaban J connectivity index is 2.23. The Morgan fingerprint density at radius 3 is 2.63 bits per heavy atom. The van der Waals surface area contributed by atoms with E-state index in [1.54, 1.807) is 0 Å². The minimum atomic E-state index is 0.0926. The van der Waals surface area contributed by atoms with Crippen molar-refractivity contribution in [1.29, 1.82) is 5.26 Å². The molecule has 102 valence electrons. The van der Waals surface area contributed by atoms with Crippen molar-refractivity contribution in [2.24, 2.45) is 0 Å². The molecule has 0 aromatic heterocycles. The van der Waals surface area contributed by atoms with E-state index in [1.165, 1.54) is 11.3 Å². The Morgan fingerprint density at radius 1 is 1.37 bits per heavy atom. The molecule has 1 saturated heterocycles. The van der Waals surface area contributed by atoms with Crippen molar-refractivity contribution in [1.82, 2.24) is 5.32 Å². The molecule has 1 fully saturated rings. The molecule has 2 rings (SSSR count). The summed E-state index contributed by atoms with van der Waals surface area (Å²) < 4.78 is 0. The fourth-order valence-corrected chi connectivity index (χ4v) is 2.63. The Morgan fingerprint density at radius 2 is 2.05 bits per heavy atom. The second-order valence-corrected chi connectivity index (χ2v) is 5.93. The normalized spacial score (nSPS) is 22.0. The molecule has 19 heavy (non-hydrogen) atoms. The summed E-state index contributed by atoms with van der Waals surface area (Å²) in [5.74, 6) is 0. The van der Waals surface area contributed by atoms with Gasteiger partial charge in [0.2, 0.25) is 0 Å². The van der Waals surface area contributed by atoms with Crippen LogP contribution in [0.4, 0.5) is 5.69 Å². The first-order valence-electron chi connectivity index (χ1n) is 7.03. The van der Waals surface area contributed by atoms with Gasteiger partial charge in [0.25, 0.3) is 0 Å². The number of nitrogens with zero attached hydrogens (tertiary/aromatic N) is 2. The second-order valence-electron chi connectivity index (χ2n) is 5.93. The Hall–Kier alpha value is -1.53. The van der Waals surface area contributed by atoms with E-state index in [4.69, 9.17) is 5.26 Å². The van der Waals surface area contributed by atoms with Crippen LogP contribution in [0.1, 0.15) is 32.8 Å². The highest BCUT2D eigenvalue weighted by Crippen LogP contribution is 2.25. The monoisotopic (exact) mass is 257 g/mol. The smallest absolute Gasteiger partial charge is 0.0643 e. The van der Waals surface area contributed by atoms with Gasteiger partial charge in [-0.15, -0.1) is 0 Å². The largest absolute Gasteiger partial charge is 0.364 e. The average Bonchev–Trinajstić information content (AvgIpc) is 2.41. The zero-order valence-corrected chi connectivity index (χ0v) is 12.1. The van der Waals surface area contributed by atoms with Gasteiger partial charge in [-0.05, 0) is 38.0 Å². The lowest BCUT2D eigenvalue weighted by atomic mass is 9.96. The molecule has 1 N–H and O–H groups in total. The van der Waals surface area contributed by atoms with E-state index in [0.717, 1.165) is 19.5 Å². The van der Waals surface area contributed by atoms with Crippen LogP contribution < -0.4 is 10.2 Å². The van der Waals surface area contributed by atoms with Crippen LogP contribution in [-0.4, -0.2) is 24.7 Å². The number of hydrogen-bond acceptors (Lipinski definition) is 3. The van der Waals surface area contributed by atoms with Gasteiger partial charge in [0, 0.05) is 24.3 Å². The van der Waals surface area contributed by atoms with E-state index in [1.807, 2.05) is 0 Å². The third-order valence-corrected chi connectivity index (χ3v) is 3.83. The lowest BCUT2D eigenvalue weighted by molar-refractivity contribution is 0.311. The summed E-state index contributed by atoms with van der Waals surface area (Å²) in [7, 11) is 0. The maximum absolute atomic E-state index is 8.99. The summed E-state index contributed by atoms with van der Waals surface area (Å²) in [5.41, 5.74) is 2.68. The number of anilines is 1. The standard InChI is InChI=1S/C16H23N3/c1-4-13-5-7-14(8-6-13)19-12-16(2,3)18-11-15(19)9-10-17/h5-8,15,18H,4,9,11-12H2,1-3H3. The summed E-state index contributed by atoms with van der Waals surface area (Å²) >= 11 is 0. The van der Waals surface area contributed by atoms with Crippen molar-refractivity contribution in [3.8, 4) is 6.07 Å². The first-order valence-corrected chi connectivity index (χ1v) is 7.03. The highest BCUT2D eigenvalue weighted by molar-refractivity contribution is 5.50. The van der Waals surface area contributed by atoms with E-state index in [0.29, 0.717) is 6.42 Å². The number of rotatable bonds is 3. The van der Waals surface area contributed by atoms with Crippen LogP contribution in [0, 0.1) is 11.3 Å². The fraction of sp³-hybridized carbons (Fsp3) is 0.562. The summed E-state index contributed by atoms with van der Waals surface area (Å²) in [6, 6.07) is 11.3. The van der Waals surface area contributed by atoms with Crippen molar-refractivity contribution in [2.45, 2.75) is 45.2 Å². The molecule has 1 aliphatic rings. The van der Waals surface area contributed by atoms with E-state index in [2.05, 4.69) is 61.3 Å². The zero-order valence-electron chi connectivity index (χ0n) is 12.1. The number of hydrogen-bond donors (Lipinski definition) is 1. The highest BCUT2D eigenvalue weighted by atomic mass is 15.3. The zero-order chi connectivity index (χ0) is 13.9. The number of nitrogens with one attached hydrogen (secondary N) is 1. The van der Waals surface area contributed by atoms with Crippen LogP contribution in [0.2, 0.25) is 0 Å². The van der Waals surface area contributed by atoms with Crippen molar-refractivity contribution >= 4 is 5.69 Å². The van der Waals surface area contributed by atoms with Gasteiger partial charge in [0.05, 0.1) is 18.5 Å². The highest BCUT2D eigenvalue weighted by Gasteiger charge is 2.32. The second kappa shape index (κ2) is 5.63. The Labute approximate surface area is 116 Å². The first-order chi connectivity index (χ1) is 9.05. The van der Waals surface area contributed by atoms with Crippen LogP contribution in [0.25, 0.3) is 0 Å². The van der Waals surface area contributed by atoms with Crippen molar-refractivity contribution < 1.29 is 0 Å². The van der Waals surface area contributed by atoms with E-state index < -0.39 is 0 Å². The van der Waals surface area contributed by atoms with Crippen LogP contribution in [0.15, 0.2) is 24.3 Å². The molecule has 1 heterocycles. The molecule has 1 aromatic carbocycles. The number of piperazine rings is 1. The SMILES string of the molecule is CCc1ccc(N2CC(C)(C)NCC2CC#N)cc1. The molecule has 1 unspecified atom stereocenters. The molecular weight excluding hydrogens is 234 g/mol. The molecular formula is C16H23N3. The van der Waals surface area contributed by atoms with Gasteiger partial charge in [-0.2, -0.15) is 5.26 Å². The minimum Gasteiger partial charge on any atom is -0.364 e. The van der Waals surface area contributed by atoms with Gasteiger partial charge in [-0.3, -0.25) is 0 Å². The lowest BCUT2D eigenvalue weighted by Gasteiger charge is -2.45. The third kappa shape index (κ3) is 3.27. The number of aryl methyl sites for hydroxylation is 1. The van der Waals surface area contributed by atoms with E-state index in [9.17, 15) is 0 Å². The van der Waals surface area contributed by atoms with Gasteiger partial charge < -0.3 is 10.2 Å². The van der Waals surface area contributed by atoms with Crippen molar-refractivity contribution in [3.63, 3.8) is 0 Å². The topological polar surface area (TPSA) is 39.1 Å². The summed E-state index contributed by atoms with van der Waals surface area (Å²) in [6.45, 7) is 8.40. The molecule has 0 saturated carbocycles.